The lowest BCUT2D eigenvalue weighted by atomic mass is 9.96. The maximum atomic E-state index is 12.7. The molecular formula is C21H26O7. The van der Waals surface area contributed by atoms with Crippen molar-refractivity contribution in [2.24, 2.45) is 5.92 Å². The molecule has 7 heteroatoms. The minimum absolute atomic E-state index is 0.122. The molecule has 0 fully saturated rings. The molecule has 0 bridgehead atoms. The van der Waals surface area contributed by atoms with Gasteiger partial charge in [-0.05, 0) is 19.8 Å². The summed E-state index contributed by atoms with van der Waals surface area (Å²) in [5.74, 6) is 0.975. The summed E-state index contributed by atoms with van der Waals surface area (Å²) in [5.41, 5.74) is -0.328. The summed E-state index contributed by atoms with van der Waals surface area (Å²) in [6.07, 6.45) is 0.261. The lowest BCUT2D eigenvalue weighted by Gasteiger charge is -2.24. The van der Waals surface area contributed by atoms with Gasteiger partial charge in [-0.1, -0.05) is 13.8 Å². The van der Waals surface area contributed by atoms with Crippen molar-refractivity contribution >= 4 is 16.9 Å². The number of fused-ring (bicyclic) bond motifs is 2. The SMILES string of the molecule is COc1c2c(cc3oc(COC(=O)CC(C)C)cc(=O)c13)O[C@H](C(C)(C)O)C2. The van der Waals surface area contributed by atoms with Crippen LogP contribution < -0.4 is 14.9 Å². The van der Waals surface area contributed by atoms with Crippen molar-refractivity contribution in [1.29, 1.82) is 0 Å². The Labute approximate surface area is 163 Å². The first kappa shape index (κ1) is 20.2. The molecule has 28 heavy (non-hydrogen) atoms. The second-order valence-corrected chi connectivity index (χ2v) is 8.06. The number of methoxy groups -OCH3 is 1. The molecule has 2 aromatic rings. The molecule has 2 heterocycles. The summed E-state index contributed by atoms with van der Waals surface area (Å²) >= 11 is 0. The molecule has 1 aliphatic rings. The van der Waals surface area contributed by atoms with E-state index in [1.165, 1.54) is 13.2 Å². The fourth-order valence-electron chi connectivity index (χ4n) is 3.27. The van der Waals surface area contributed by atoms with Gasteiger partial charge in [0.2, 0.25) is 0 Å². The lowest BCUT2D eigenvalue weighted by molar-refractivity contribution is -0.146. The summed E-state index contributed by atoms with van der Waals surface area (Å²) in [5, 5.41) is 10.6. The van der Waals surface area contributed by atoms with Gasteiger partial charge in [-0.2, -0.15) is 0 Å². The Balaban J connectivity index is 1.97. The second kappa shape index (κ2) is 7.47. The van der Waals surface area contributed by atoms with Gasteiger partial charge in [-0.25, -0.2) is 0 Å². The third-order valence-corrected chi connectivity index (χ3v) is 4.69. The molecule has 0 spiro atoms. The zero-order chi connectivity index (χ0) is 20.6. The van der Waals surface area contributed by atoms with Crippen molar-refractivity contribution in [3.8, 4) is 11.5 Å². The zero-order valence-electron chi connectivity index (χ0n) is 16.8. The van der Waals surface area contributed by atoms with Crippen molar-refractivity contribution in [2.45, 2.75) is 58.8 Å². The number of benzene rings is 1. The second-order valence-electron chi connectivity index (χ2n) is 8.06. The van der Waals surface area contributed by atoms with Crippen LogP contribution in [0.3, 0.4) is 0 Å². The van der Waals surface area contributed by atoms with Crippen LogP contribution in [0.5, 0.6) is 11.5 Å². The molecular weight excluding hydrogens is 364 g/mol. The molecule has 3 rings (SSSR count). The Hall–Kier alpha value is -2.54. The van der Waals surface area contributed by atoms with Gasteiger partial charge in [0.25, 0.3) is 0 Å². The molecule has 1 atom stereocenters. The summed E-state index contributed by atoms with van der Waals surface area (Å²) in [4.78, 5) is 24.5. The summed E-state index contributed by atoms with van der Waals surface area (Å²) in [6.45, 7) is 7.06. The van der Waals surface area contributed by atoms with Crippen LogP contribution in [0.1, 0.15) is 45.4 Å². The number of esters is 1. The van der Waals surface area contributed by atoms with E-state index in [9.17, 15) is 14.7 Å². The van der Waals surface area contributed by atoms with E-state index in [0.717, 1.165) is 5.56 Å². The molecule has 0 aliphatic carbocycles. The van der Waals surface area contributed by atoms with Gasteiger partial charge in [0.15, 0.2) is 5.43 Å². The molecule has 0 unspecified atom stereocenters. The number of rotatable bonds is 6. The topological polar surface area (TPSA) is 95.2 Å². The van der Waals surface area contributed by atoms with Crippen LogP contribution in [0.15, 0.2) is 21.3 Å². The van der Waals surface area contributed by atoms with Crippen LogP contribution >= 0.6 is 0 Å². The van der Waals surface area contributed by atoms with Gasteiger partial charge < -0.3 is 23.7 Å². The van der Waals surface area contributed by atoms with E-state index in [-0.39, 0.29) is 35.3 Å². The number of aliphatic hydroxyl groups is 1. The highest BCUT2D eigenvalue weighted by Crippen LogP contribution is 2.42. The van der Waals surface area contributed by atoms with E-state index in [1.54, 1.807) is 19.9 Å². The molecule has 0 saturated carbocycles. The predicted molar refractivity (Wildman–Crippen MR) is 103 cm³/mol. The van der Waals surface area contributed by atoms with E-state index in [0.29, 0.717) is 29.7 Å². The number of hydrogen-bond donors (Lipinski definition) is 1. The maximum Gasteiger partial charge on any atom is 0.306 e. The van der Waals surface area contributed by atoms with E-state index < -0.39 is 11.7 Å². The van der Waals surface area contributed by atoms with E-state index in [1.807, 2.05) is 13.8 Å². The van der Waals surface area contributed by atoms with Gasteiger partial charge >= 0.3 is 5.97 Å². The molecule has 7 nitrogen and oxygen atoms in total. The van der Waals surface area contributed by atoms with Crippen LogP contribution in [-0.4, -0.2) is 29.9 Å². The Morgan fingerprint density at radius 1 is 1.36 bits per heavy atom. The normalized spacial score (nSPS) is 16.2. The average molecular weight is 390 g/mol. The smallest absolute Gasteiger partial charge is 0.306 e. The van der Waals surface area contributed by atoms with Crippen LogP contribution in [0, 0.1) is 5.92 Å². The highest BCUT2D eigenvalue weighted by Gasteiger charge is 2.37. The molecule has 1 aromatic carbocycles. The van der Waals surface area contributed by atoms with Gasteiger partial charge in [-0.3, -0.25) is 9.59 Å². The third-order valence-electron chi connectivity index (χ3n) is 4.69. The van der Waals surface area contributed by atoms with Crippen molar-refractivity contribution in [2.75, 3.05) is 7.11 Å². The van der Waals surface area contributed by atoms with Crippen LogP contribution in [0.2, 0.25) is 0 Å². The predicted octanol–water partition coefficient (Wildman–Crippen LogP) is 2.97. The fourth-order valence-corrected chi connectivity index (χ4v) is 3.27. The van der Waals surface area contributed by atoms with Gasteiger partial charge in [0, 0.05) is 30.5 Å². The minimum atomic E-state index is -1.05. The first-order valence-electron chi connectivity index (χ1n) is 9.31. The van der Waals surface area contributed by atoms with E-state index >= 15 is 0 Å². The van der Waals surface area contributed by atoms with Crippen molar-refractivity contribution in [3.05, 3.63) is 33.7 Å². The standard InChI is InChI=1S/C21H26O7/c1-11(2)6-18(23)26-10-12-7-14(22)19-16(27-12)9-15-13(20(19)25-5)8-17(28-15)21(3,4)24/h7,9,11,17,24H,6,8,10H2,1-5H3/t17-/m0/s1. The Morgan fingerprint density at radius 3 is 2.68 bits per heavy atom. The number of ether oxygens (including phenoxy) is 3. The zero-order valence-corrected chi connectivity index (χ0v) is 16.8. The summed E-state index contributed by atoms with van der Waals surface area (Å²) in [7, 11) is 1.48. The van der Waals surface area contributed by atoms with Gasteiger partial charge in [-0.15, -0.1) is 0 Å². The molecule has 1 aromatic heterocycles. The molecule has 0 radical (unpaired) electrons. The van der Waals surface area contributed by atoms with Crippen LogP contribution in [0.4, 0.5) is 0 Å². The highest BCUT2D eigenvalue weighted by molar-refractivity contribution is 5.87. The minimum Gasteiger partial charge on any atom is -0.495 e. The monoisotopic (exact) mass is 390 g/mol. The largest absolute Gasteiger partial charge is 0.495 e. The van der Waals surface area contributed by atoms with Crippen LogP contribution in [-0.2, 0) is 22.6 Å². The van der Waals surface area contributed by atoms with Crippen LogP contribution in [0.25, 0.3) is 11.0 Å². The van der Waals surface area contributed by atoms with E-state index in [2.05, 4.69) is 0 Å². The Bertz CT molecular complexity index is 950. The molecule has 1 aliphatic heterocycles. The first-order valence-corrected chi connectivity index (χ1v) is 9.31. The van der Waals surface area contributed by atoms with E-state index in [4.69, 9.17) is 18.6 Å². The highest BCUT2D eigenvalue weighted by atomic mass is 16.5. The quantitative estimate of drug-likeness (QED) is 0.758. The van der Waals surface area contributed by atoms with Crippen molar-refractivity contribution < 1.29 is 28.5 Å². The number of carbonyl (C=O) groups is 1. The summed E-state index contributed by atoms with van der Waals surface area (Å²) < 4.78 is 22.3. The van der Waals surface area contributed by atoms with Gasteiger partial charge in [0.1, 0.15) is 40.9 Å². The maximum absolute atomic E-state index is 12.7. The third kappa shape index (κ3) is 3.99. The molecule has 0 saturated heterocycles. The average Bonchev–Trinajstić information content (AvgIpc) is 3.01. The molecule has 152 valence electrons. The molecule has 0 amide bonds. The van der Waals surface area contributed by atoms with Crippen molar-refractivity contribution in [3.63, 3.8) is 0 Å². The number of hydrogen-bond acceptors (Lipinski definition) is 7. The fraction of sp³-hybridized carbons (Fsp3) is 0.524. The van der Waals surface area contributed by atoms with Crippen molar-refractivity contribution in [1.82, 2.24) is 0 Å². The van der Waals surface area contributed by atoms with Gasteiger partial charge in [0.05, 0.1) is 12.7 Å². The number of carbonyl (C=O) groups excluding carboxylic acids is 1. The molecule has 1 N–H and O–H groups in total. The Kier molecular flexibility index (Phi) is 5.39. The lowest BCUT2D eigenvalue weighted by Crippen LogP contribution is -2.39. The first-order chi connectivity index (χ1) is 13.1. The Morgan fingerprint density at radius 2 is 2.07 bits per heavy atom. The summed E-state index contributed by atoms with van der Waals surface area (Å²) in [6, 6.07) is 2.93.